The molecule has 0 radical (unpaired) electrons. The molecule has 0 aliphatic heterocycles. The van der Waals surface area contributed by atoms with E-state index in [-0.39, 0.29) is 5.41 Å². The van der Waals surface area contributed by atoms with Crippen LogP contribution in [-0.2, 0) is 5.41 Å². The predicted molar refractivity (Wildman–Crippen MR) is 193 cm³/mol. The van der Waals surface area contributed by atoms with Crippen molar-refractivity contribution >= 4 is 43.6 Å². The largest absolute Gasteiger partial charge is 0.309 e. The Morgan fingerprint density at radius 1 is 0.562 bits per heavy atom. The van der Waals surface area contributed by atoms with E-state index in [1.54, 1.807) is 11.1 Å². The lowest BCUT2D eigenvalue weighted by molar-refractivity contribution is -0.412. The summed E-state index contributed by atoms with van der Waals surface area (Å²) in [5.41, 5.74) is 15.2. The second kappa shape index (κ2) is 8.05. The summed E-state index contributed by atoms with van der Waals surface area (Å²) < 4.78 is 2.45. The Morgan fingerprint density at radius 3 is 2.19 bits per heavy atom. The zero-order valence-electron chi connectivity index (χ0n) is 26.4. The first-order valence-corrected chi connectivity index (χ1v) is 17.7. The molecule has 48 heavy (non-hydrogen) atoms. The maximum Gasteiger partial charge on any atom is 0.0985 e. The fourth-order valence-electron chi connectivity index (χ4n) is 12.6. The quantitative estimate of drug-likeness (QED) is 0.182. The van der Waals surface area contributed by atoms with Crippen molar-refractivity contribution in [2.45, 2.75) is 24.7 Å². The second-order valence-electron chi connectivity index (χ2n) is 15.3. The average molecular weight is 614 g/mol. The molecule has 4 saturated carbocycles. The number of nitrogens with zero attached hydrogens (tertiary/aromatic N) is 3. The molecule has 13 rings (SSSR count). The van der Waals surface area contributed by atoms with E-state index in [1.165, 1.54) is 63.3 Å². The van der Waals surface area contributed by atoms with Gasteiger partial charge in [-0.25, -0.2) is 0 Å². The van der Waals surface area contributed by atoms with Gasteiger partial charge < -0.3 is 4.57 Å². The Balaban J connectivity index is 1.06. The van der Waals surface area contributed by atoms with E-state index in [9.17, 15) is 0 Å². The molecular weight excluding hydrogens is 583 g/mol. The van der Waals surface area contributed by atoms with Gasteiger partial charge in [0.15, 0.2) is 0 Å². The summed E-state index contributed by atoms with van der Waals surface area (Å²) in [4.78, 5) is 9.57. The lowest BCUT2D eigenvalue weighted by atomic mass is 9.11. The van der Waals surface area contributed by atoms with Gasteiger partial charge in [0.25, 0.3) is 0 Å². The van der Waals surface area contributed by atoms with E-state index in [0.29, 0.717) is 5.41 Å². The molecule has 4 fully saturated rings. The molecule has 4 unspecified atom stereocenters. The van der Waals surface area contributed by atoms with Crippen LogP contribution in [0.2, 0.25) is 0 Å². The Kier molecular flexibility index (Phi) is 4.16. The molecule has 2 spiro atoms. The Morgan fingerprint density at radius 2 is 1.29 bits per heavy atom. The first-order chi connectivity index (χ1) is 23.8. The van der Waals surface area contributed by atoms with Gasteiger partial charge in [-0.15, -0.1) is 0 Å². The predicted octanol–water partition coefficient (Wildman–Crippen LogP) is 10.5. The van der Waals surface area contributed by atoms with Crippen LogP contribution in [0.1, 0.15) is 30.4 Å². The van der Waals surface area contributed by atoms with Crippen LogP contribution in [0.3, 0.4) is 0 Å². The second-order valence-corrected chi connectivity index (χ2v) is 15.3. The van der Waals surface area contributed by atoms with Crippen LogP contribution in [0.5, 0.6) is 0 Å². The summed E-state index contributed by atoms with van der Waals surface area (Å²) in [5.74, 6) is 3.75. The first-order valence-electron chi connectivity index (χ1n) is 17.7. The van der Waals surface area contributed by atoms with Gasteiger partial charge in [-0.1, -0.05) is 72.8 Å². The number of aromatic nitrogens is 3. The van der Waals surface area contributed by atoms with Crippen molar-refractivity contribution in [3.8, 4) is 27.9 Å². The zero-order valence-corrected chi connectivity index (χ0v) is 26.4. The molecule has 3 heterocycles. The minimum Gasteiger partial charge on any atom is -0.309 e. The highest BCUT2D eigenvalue weighted by molar-refractivity contribution is 6.17. The number of rotatable bonds is 2. The van der Waals surface area contributed by atoms with Crippen LogP contribution in [0.25, 0.3) is 71.6 Å². The summed E-state index contributed by atoms with van der Waals surface area (Å²) in [6.07, 6.45) is 8.13. The van der Waals surface area contributed by atoms with E-state index < -0.39 is 0 Å². The molecule has 5 aliphatic rings. The van der Waals surface area contributed by atoms with Crippen molar-refractivity contribution < 1.29 is 0 Å². The third-order valence-electron chi connectivity index (χ3n) is 14.1. The molecule has 3 heteroatoms. The lowest BCUT2D eigenvalue weighted by Gasteiger charge is -2.92. The van der Waals surface area contributed by atoms with Gasteiger partial charge >= 0.3 is 0 Å². The monoisotopic (exact) mass is 613 g/mol. The summed E-state index contributed by atoms with van der Waals surface area (Å²) in [6.45, 7) is 0. The van der Waals surface area contributed by atoms with Crippen LogP contribution < -0.4 is 0 Å². The summed E-state index contributed by atoms with van der Waals surface area (Å²) >= 11 is 0. The van der Waals surface area contributed by atoms with Crippen LogP contribution in [0.15, 0.2) is 128 Å². The molecule has 0 saturated heterocycles. The number of fused-ring (bicyclic) bond motifs is 13. The van der Waals surface area contributed by atoms with Crippen molar-refractivity contribution in [2.24, 2.45) is 29.1 Å². The summed E-state index contributed by atoms with van der Waals surface area (Å²) in [5, 5.41) is 4.79. The Hall–Kier alpha value is -5.28. The average Bonchev–Trinajstić information content (AvgIpc) is 3.60. The SMILES string of the molecule is c1ccc2c(c1)-c1cc(-c3cccc4c3c3ccccc3n4-c3cc4cccnc4c4ncccc34)ccc1C21C2CC3CC4CC1C342. The summed E-state index contributed by atoms with van der Waals surface area (Å²) in [6, 6.07) is 43.4. The van der Waals surface area contributed by atoms with Crippen molar-refractivity contribution in [1.82, 2.24) is 14.5 Å². The van der Waals surface area contributed by atoms with Gasteiger partial charge in [-0.05, 0) is 124 Å². The van der Waals surface area contributed by atoms with Crippen molar-refractivity contribution in [3.63, 3.8) is 0 Å². The zero-order chi connectivity index (χ0) is 30.9. The van der Waals surface area contributed by atoms with E-state index in [4.69, 9.17) is 9.97 Å². The number of pyridine rings is 2. The molecular formula is C45H31N3. The van der Waals surface area contributed by atoms with Gasteiger partial charge in [-0.2, -0.15) is 0 Å². The Bertz CT molecular complexity index is 2750. The van der Waals surface area contributed by atoms with Crippen LogP contribution in [-0.4, -0.2) is 14.5 Å². The van der Waals surface area contributed by atoms with Crippen molar-refractivity contribution in [3.05, 3.63) is 139 Å². The number of para-hydroxylation sites is 1. The lowest BCUT2D eigenvalue weighted by Crippen LogP contribution is -2.88. The fraction of sp³-hybridized carbons (Fsp3) is 0.200. The van der Waals surface area contributed by atoms with Crippen molar-refractivity contribution in [1.29, 1.82) is 0 Å². The molecule has 4 atom stereocenters. The van der Waals surface area contributed by atoms with Gasteiger partial charge in [0.05, 0.1) is 27.8 Å². The fourth-order valence-corrected chi connectivity index (χ4v) is 12.6. The first kappa shape index (κ1) is 24.8. The highest BCUT2D eigenvalue weighted by atomic mass is 15.0. The van der Waals surface area contributed by atoms with Crippen molar-refractivity contribution in [2.75, 3.05) is 0 Å². The third-order valence-corrected chi connectivity index (χ3v) is 14.1. The molecule has 8 aromatic rings. The standard InChI is InChI=1S/C45H31N3/c1-3-13-34-30(9-1)33-20-25(16-17-35(33)45(34)39-23-27-22-28-24-40(45)44(27,28)39)29-11-5-15-37-41(29)31-10-2-4-14-36(31)48(37)38-21-26-8-6-18-46-42(26)43-32(38)12-7-19-47-43/h1-21,27-28,39-40H,22-24H2. The number of hydrogen-bond donors (Lipinski definition) is 0. The highest BCUT2D eigenvalue weighted by Gasteiger charge is 2.90. The molecule has 3 nitrogen and oxygen atoms in total. The Labute approximate surface area is 277 Å². The molecule has 5 aliphatic carbocycles. The third kappa shape index (κ3) is 2.46. The molecule has 0 bridgehead atoms. The van der Waals surface area contributed by atoms with E-state index >= 15 is 0 Å². The molecule has 3 aromatic heterocycles. The normalized spacial score (nSPS) is 28.3. The van der Waals surface area contributed by atoms with Crippen LogP contribution in [0, 0.1) is 29.1 Å². The van der Waals surface area contributed by atoms with Crippen LogP contribution in [0.4, 0.5) is 0 Å². The van der Waals surface area contributed by atoms with Gasteiger partial charge in [0.2, 0.25) is 0 Å². The maximum absolute atomic E-state index is 4.84. The van der Waals surface area contributed by atoms with Gasteiger partial charge in [0.1, 0.15) is 0 Å². The van der Waals surface area contributed by atoms with Gasteiger partial charge in [0, 0.05) is 39.4 Å². The molecule has 0 amide bonds. The molecule has 0 N–H and O–H groups in total. The maximum atomic E-state index is 4.84. The molecule has 5 aromatic carbocycles. The minimum absolute atomic E-state index is 0.250. The van der Waals surface area contributed by atoms with Crippen LogP contribution >= 0.6 is 0 Å². The number of hydrogen-bond acceptors (Lipinski definition) is 2. The van der Waals surface area contributed by atoms with E-state index in [2.05, 4.69) is 108 Å². The van der Waals surface area contributed by atoms with Gasteiger partial charge in [-0.3, -0.25) is 9.97 Å². The smallest absolute Gasteiger partial charge is 0.0985 e. The summed E-state index contributed by atoms with van der Waals surface area (Å²) in [7, 11) is 0. The number of benzene rings is 5. The minimum atomic E-state index is 0.250. The topological polar surface area (TPSA) is 30.7 Å². The molecule has 226 valence electrons. The highest BCUT2D eigenvalue weighted by Crippen LogP contribution is 2.94. The van der Waals surface area contributed by atoms with E-state index in [1.807, 2.05) is 24.5 Å². The van der Waals surface area contributed by atoms with E-state index in [0.717, 1.165) is 51.2 Å².